The molecule has 0 atom stereocenters. The first-order valence-electron chi connectivity index (χ1n) is 6.14. The Labute approximate surface area is 135 Å². The average molecular weight is 383 g/mol. The van der Waals surface area contributed by atoms with E-state index in [1.54, 1.807) is 24.3 Å². The van der Waals surface area contributed by atoms with Crippen LogP contribution in [0.5, 0.6) is 0 Å². The van der Waals surface area contributed by atoms with Crippen LogP contribution in [0.15, 0.2) is 57.9 Å². The largest absolute Gasteiger partial charge is 0.240 e. The highest BCUT2D eigenvalue weighted by molar-refractivity contribution is 9.10. The molecule has 0 fully saturated rings. The topological polar surface area (TPSA) is 59.1 Å². The van der Waals surface area contributed by atoms with Gasteiger partial charge in [-0.1, -0.05) is 28.1 Å². The summed E-state index contributed by atoms with van der Waals surface area (Å²) < 4.78 is 28.8. The van der Waals surface area contributed by atoms with Gasteiger partial charge in [0.25, 0.3) is 0 Å². The zero-order chi connectivity index (χ0) is 14.9. The molecule has 4 nitrogen and oxygen atoms in total. The summed E-state index contributed by atoms with van der Waals surface area (Å²) in [7, 11) is -3.52. The van der Waals surface area contributed by atoms with Crippen molar-refractivity contribution in [3.8, 4) is 0 Å². The van der Waals surface area contributed by atoms with Crippen LogP contribution in [-0.2, 0) is 16.6 Å². The van der Waals surface area contributed by atoms with Gasteiger partial charge in [0.05, 0.1) is 21.7 Å². The van der Waals surface area contributed by atoms with Crippen LogP contribution in [0.3, 0.4) is 0 Å². The van der Waals surface area contributed by atoms with Gasteiger partial charge in [0.2, 0.25) is 10.0 Å². The smallest absolute Gasteiger partial charge is 0.240 e. The first kappa shape index (κ1) is 14.6. The van der Waals surface area contributed by atoms with Crippen molar-refractivity contribution in [2.45, 2.75) is 11.4 Å². The number of aromatic nitrogens is 1. The normalized spacial score (nSPS) is 11.9. The van der Waals surface area contributed by atoms with E-state index in [-0.39, 0.29) is 11.4 Å². The quantitative estimate of drug-likeness (QED) is 0.750. The van der Waals surface area contributed by atoms with Crippen LogP contribution in [0.2, 0.25) is 0 Å². The number of hydrogen-bond donors (Lipinski definition) is 1. The molecule has 0 radical (unpaired) electrons. The molecule has 3 rings (SSSR count). The second kappa shape index (κ2) is 5.84. The Morgan fingerprint density at radius 2 is 1.81 bits per heavy atom. The van der Waals surface area contributed by atoms with E-state index in [0.717, 1.165) is 19.7 Å². The van der Waals surface area contributed by atoms with Crippen molar-refractivity contribution >= 4 is 47.5 Å². The van der Waals surface area contributed by atoms with Gasteiger partial charge in [-0.25, -0.2) is 18.1 Å². The van der Waals surface area contributed by atoms with Crippen LogP contribution >= 0.6 is 27.3 Å². The zero-order valence-electron chi connectivity index (χ0n) is 10.8. The van der Waals surface area contributed by atoms with Gasteiger partial charge >= 0.3 is 0 Å². The van der Waals surface area contributed by atoms with Gasteiger partial charge in [-0.15, -0.1) is 11.3 Å². The Morgan fingerprint density at radius 1 is 1.10 bits per heavy atom. The molecule has 108 valence electrons. The van der Waals surface area contributed by atoms with Crippen LogP contribution in [-0.4, -0.2) is 13.4 Å². The number of para-hydroxylation sites is 1. The fourth-order valence-electron chi connectivity index (χ4n) is 1.85. The van der Waals surface area contributed by atoms with Gasteiger partial charge in [-0.3, -0.25) is 0 Å². The Morgan fingerprint density at radius 3 is 2.52 bits per heavy atom. The highest BCUT2D eigenvalue weighted by Crippen LogP contribution is 2.22. The van der Waals surface area contributed by atoms with E-state index in [2.05, 4.69) is 25.6 Å². The van der Waals surface area contributed by atoms with Crippen molar-refractivity contribution in [2.75, 3.05) is 0 Å². The molecular weight excluding hydrogens is 372 g/mol. The molecule has 0 saturated carbocycles. The molecule has 0 bridgehead atoms. The molecule has 0 unspecified atom stereocenters. The molecule has 0 aliphatic carbocycles. The second-order valence-electron chi connectivity index (χ2n) is 4.35. The first-order valence-corrected chi connectivity index (χ1v) is 9.23. The van der Waals surface area contributed by atoms with E-state index in [1.165, 1.54) is 11.3 Å². The standard InChI is InChI=1S/C14H11BrN2O2S2/c15-10-5-7-11(8-6-10)21(18,19)16-9-14-17-12-3-1-2-4-13(12)20-14/h1-8,16H,9H2. The summed E-state index contributed by atoms with van der Waals surface area (Å²) in [4.78, 5) is 4.65. The van der Waals surface area contributed by atoms with Crippen molar-refractivity contribution in [1.82, 2.24) is 9.71 Å². The van der Waals surface area contributed by atoms with Crippen LogP contribution < -0.4 is 4.72 Å². The monoisotopic (exact) mass is 382 g/mol. The summed E-state index contributed by atoms with van der Waals surface area (Å²) in [6, 6.07) is 14.3. The summed E-state index contributed by atoms with van der Waals surface area (Å²) in [5, 5.41) is 0.747. The molecule has 0 aliphatic heterocycles. The Kier molecular flexibility index (Phi) is 4.08. The highest BCUT2D eigenvalue weighted by atomic mass is 79.9. The van der Waals surface area contributed by atoms with Gasteiger partial charge in [0.15, 0.2) is 0 Å². The summed E-state index contributed by atoms with van der Waals surface area (Å²) in [6.45, 7) is 0.192. The number of halogens is 1. The number of rotatable bonds is 4. The maximum atomic E-state index is 12.2. The number of hydrogen-bond acceptors (Lipinski definition) is 4. The third-order valence-electron chi connectivity index (χ3n) is 2.88. The molecule has 1 aromatic heterocycles. The lowest BCUT2D eigenvalue weighted by Crippen LogP contribution is -2.23. The van der Waals surface area contributed by atoms with Crippen LogP contribution in [0, 0.1) is 0 Å². The van der Waals surface area contributed by atoms with E-state index >= 15 is 0 Å². The fourth-order valence-corrected chi connectivity index (χ4v) is 4.10. The molecule has 0 spiro atoms. The lowest BCUT2D eigenvalue weighted by Gasteiger charge is -2.05. The molecule has 21 heavy (non-hydrogen) atoms. The number of thiazole rings is 1. The van der Waals surface area contributed by atoms with Crippen molar-refractivity contribution in [2.24, 2.45) is 0 Å². The number of benzene rings is 2. The summed E-state index contributed by atoms with van der Waals surface area (Å²) in [6.07, 6.45) is 0. The zero-order valence-corrected chi connectivity index (χ0v) is 14.0. The summed E-state index contributed by atoms with van der Waals surface area (Å²) in [5.74, 6) is 0. The van der Waals surface area contributed by atoms with Crippen molar-refractivity contribution in [1.29, 1.82) is 0 Å². The van der Waals surface area contributed by atoms with Gasteiger partial charge in [-0.05, 0) is 36.4 Å². The number of nitrogens with zero attached hydrogens (tertiary/aromatic N) is 1. The van der Waals surface area contributed by atoms with E-state index in [1.807, 2.05) is 24.3 Å². The minimum absolute atomic E-state index is 0.192. The number of nitrogens with one attached hydrogen (secondary N) is 1. The Hall–Kier alpha value is -1.28. The summed E-state index contributed by atoms with van der Waals surface area (Å²) in [5.41, 5.74) is 0.889. The lowest BCUT2D eigenvalue weighted by molar-refractivity contribution is 0.581. The molecule has 1 heterocycles. The lowest BCUT2D eigenvalue weighted by atomic mass is 10.3. The molecule has 3 aromatic rings. The molecule has 0 saturated heterocycles. The average Bonchev–Trinajstić information content (AvgIpc) is 2.89. The minimum atomic E-state index is -3.52. The number of sulfonamides is 1. The van der Waals surface area contributed by atoms with Crippen molar-refractivity contribution in [3.05, 3.63) is 58.0 Å². The third-order valence-corrected chi connectivity index (χ3v) is 5.86. The maximum absolute atomic E-state index is 12.2. The van der Waals surface area contributed by atoms with Gasteiger partial charge in [0, 0.05) is 4.47 Å². The fraction of sp³-hybridized carbons (Fsp3) is 0.0714. The Balaban J connectivity index is 1.78. The molecular formula is C14H11BrN2O2S2. The third kappa shape index (κ3) is 3.32. The van der Waals surface area contributed by atoms with E-state index < -0.39 is 10.0 Å². The first-order chi connectivity index (χ1) is 10.0. The molecule has 1 N–H and O–H groups in total. The van der Waals surface area contributed by atoms with Gasteiger partial charge in [-0.2, -0.15) is 0 Å². The SMILES string of the molecule is O=S(=O)(NCc1nc2ccccc2s1)c1ccc(Br)cc1. The van der Waals surface area contributed by atoms with E-state index in [4.69, 9.17) is 0 Å². The predicted molar refractivity (Wildman–Crippen MR) is 87.8 cm³/mol. The van der Waals surface area contributed by atoms with Crippen LogP contribution in [0.4, 0.5) is 0 Å². The second-order valence-corrected chi connectivity index (χ2v) is 8.15. The maximum Gasteiger partial charge on any atom is 0.240 e. The van der Waals surface area contributed by atoms with Crippen LogP contribution in [0.25, 0.3) is 10.2 Å². The van der Waals surface area contributed by atoms with Gasteiger partial charge < -0.3 is 0 Å². The molecule has 7 heteroatoms. The van der Waals surface area contributed by atoms with Crippen molar-refractivity contribution in [3.63, 3.8) is 0 Å². The van der Waals surface area contributed by atoms with E-state index in [0.29, 0.717) is 0 Å². The predicted octanol–water partition coefficient (Wildman–Crippen LogP) is 3.54. The molecule has 0 aliphatic rings. The van der Waals surface area contributed by atoms with Crippen LogP contribution in [0.1, 0.15) is 5.01 Å². The molecule has 2 aromatic carbocycles. The molecule has 0 amide bonds. The van der Waals surface area contributed by atoms with E-state index in [9.17, 15) is 8.42 Å². The highest BCUT2D eigenvalue weighted by Gasteiger charge is 2.14. The van der Waals surface area contributed by atoms with Crippen molar-refractivity contribution < 1.29 is 8.42 Å². The Bertz CT molecular complexity index is 840. The van der Waals surface area contributed by atoms with Gasteiger partial charge in [0.1, 0.15) is 5.01 Å². The minimum Gasteiger partial charge on any atom is -0.240 e. The number of fused-ring (bicyclic) bond motifs is 1. The summed E-state index contributed by atoms with van der Waals surface area (Å²) >= 11 is 4.77.